The molecule has 2 aliphatic rings. The van der Waals surface area contributed by atoms with Gasteiger partial charge in [-0.2, -0.15) is 0 Å². The second-order valence-corrected chi connectivity index (χ2v) is 7.98. The number of hydrogen-bond donors (Lipinski definition) is 3. The Hall–Kier alpha value is -0.850. The molecule has 0 aromatic rings. The van der Waals surface area contributed by atoms with Gasteiger partial charge in [-0.15, -0.1) is 0 Å². The van der Waals surface area contributed by atoms with Gasteiger partial charge in [0.05, 0.1) is 0 Å². The van der Waals surface area contributed by atoms with Crippen molar-refractivity contribution in [2.45, 2.75) is 78.2 Å². The smallest absolute Gasteiger partial charge is 0.410 e. The normalized spacial score (nSPS) is 31.9. The third kappa shape index (κ3) is 8.53. The quantitative estimate of drug-likeness (QED) is 0.630. The van der Waals surface area contributed by atoms with Crippen LogP contribution in [0.3, 0.4) is 0 Å². The number of carbonyl (C=O) groups is 1. The van der Waals surface area contributed by atoms with Crippen molar-refractivity contribution >= 4 is 6.09 Å². The Morgan fingerprint density at radius 2 is 1.35 bits per heavy atom. The topological polar surface area (TPSA) is 65.6 Å². The van der Waals surface area contributed by atoms with Crippen molar-refractivity contribution in [2.24, 2.45) is 0 Å². The molecular weight excluding hydrogens is 292 g/mol. The Morgan fingerprint density at radius 1 is 0.913 bits per heavy atom. The highest BCUT2D eigenvalue weighted by Crippen LogP contribution is 2.12. The predicted molar refractivity (Wildman–Crippen MR) is 94.8 cm³/mol. The highest BCUT2D eigenvalue weighted by molar-refractivity contribution is 5.68. The minimum atomic E-state index is -0.408. The van der Waals surface area contributed by atoms with E-state index in [1.54, 1.807) is 4.90 Å². The first-order chi connectivity index (χ1) is 10.6. The second kappa shape index (κ2) is 8.85. The summed E-state index contributed by atoms with van der Waals surface area (Å²) in [7, 11) is 0. The molecule has 0 aromatic carbocycles. The number of nitrogens with zero attached hydrogens (tertiary/aromatic N) is 1. The molecule has 6 nitrogen and oxygen atoms in total. The standard InChI is InChI=1S/C11H22N2O2.C6H14N2/c1-8-6-13(7-9(2)12-8)10(14)15-11(3,4)5;1-5-3-7-4-6(2)8-5/h8-9,12H,6-7H2,1-5H3;5-8H,3-4H2,1-2H3/t8-,9+;5-,6+. The minimum Gasteiger partial charge on any atom is -0.444 e. The van der Waals surface area contributed by atoms with E-state index < -0.39 is 5.60 Å². The maximum absolute atomic E-state index is 11.8. The highest BCUT2D eigenvalue weighted by Gasteiger charge is 2.28. The third-order valence-electron chi connectivity index (χ3n) is 3.68. The number of nitrogens with one attached hydrogen (secondary N) is 3. The Balaban J connectivity index is 0.000000277. The molecule has 4 atom stereocenters. The summed E-state index contributed by atoms with van der Waals surface area (Å²) in [4.78, 5) is 13.6. The summed E-state index contributed by atoms with van der Waals surface area (Å²) in [6.45, 7) is 17.9. The average molecular weight is 329 g/mol. The fraction of sp³-hybridized carbons (Fsp3) is 0.941. The first-order valence-corrected chi connectivity index (χ1v) is 8.77. The lowest BCUT2D eigenvalue weighted by Crippen LogP contribution is -2.56. The number of amides is 1. The van der Waals surface area contributed by atoms with Crippen molar-refractivity contribution in [3.8, 4) is 0 Å². The number of carbonyl (C=O) groups excluding carboxylic acids is 1. The van der Waals surface area contributed by atoms with Crippen LogP contribution in [-0.4, -0.2) is 66.9 Å². The summed E-state index contributed by atoms with van der Waals surface area (Å²) in [5.41, 5.74) is -0.408. The molecule has 2 saturated heterocycles. The van der Waals surface area contributed by atoms with Crippen LogP contribution in [0.15, 0.2) is 0 Å². The molecule has 2 aliphatic heterocycles. The maximum Gasteiger partial charge on any atom is 0.410 e. The lowest BCUT2D eigenvalue weighted by atomic mass is 10.1. The van der Waals surface area contributed by atoms with E-state index in [1.165, 1.54) is 0 Å². The fourth-order valence-corrected chi connectivity index (χ4v) is 2.92. The van der Waals surface area contributed by atoms with Gasteiger partial charge in [0.15, 0.2) is 0 Å². The van der Waals surface area contributed by atoms with Crippen LogP contribution in [0.1, 0.15) is 48.5 Å². The summed E-state index contributed by atoms with van der Waals surface area (Å²) in [6.07, 6.45) is -0.206. The molecule has 23 heavy (non-hydrogen) atoms. The molecule has 136 valence electrons. The molecule has 0 bridgehead atoms. The van der Waals surface area contributed by atoms with Crippen molar-refractivity contribution in [3.05, 3.63) is 0 Å². The van der Waals surface area contributed by atoms with Crippen molar-refractivity contribution < 1.29 is 9.53 Å². The highest BCUT2D eigenvalue weighted by atomic mass is 16.6. The van der Waals surface area contributed by atoms with Crippen LogP contribution in [-0.2, 0) is 4.74 Å². The van der Waals surface area contributed by atoms with E-state index in [-0.39, 0.29) is 6.09 Å². The second-order valence-electron chi connectivity index (χ2n) is 7.98. The molecule has 0 unspecified atom stereocenters. The molecule has 1 amide bonds. The van der Waals surface area contributed by atoms with Gasteiger partial charge in [-0.1, -0.05) is 0 Å². The van der Waals surface area contributed by atoms with E-state index >= 15 is 0 Å². The van der Waals surface area contributed by atoms with Crippen LogP contribution < -0.4 is 16.0 Å². The SMILES string of the molecule is C[C@@H]1CN(C(=O)OC(C)(C)C)C[C@H](C)N1.C[C@@H]1CNC[C@H](C)N1. The monoisotopic (exact) mass is 328 g/mol. The van der Waals surface area contributed by atoms with E-state index in [4.69, 9.17) is 4.74 Å². The van der Waals surface area contributed by atoms with Crippen LogP contribution in [0.2, 0.25) is 0 Å². The molecule has 0 aliphatic carbocycles. The van der Waals surface area contributed by atoms with E-state index in [0.29, 0.717) is 24.2 Å². The lowest BCUT2D eigenvalue weighted by Gasteiger charge is -2.36. The van der Waals surface area contributed by atoms with E-state index in [1.807, 2.05) is 20.8 Å². The summed E-state index contributed by atoms with van der Waals surface area (Å²) < 4.78 is 5.33. The van der Waals surface area contributed by atoms with Crippen LogP contribution in [0.5, 0.6) is 0 Å². The van der Waals surface area contributed by atoms with Crippen LogP contribution in [0.25, 0.3) is 0 Å². The number of piperazine rings is 2. The molecule has 0 radical (unpaired) electrons. The Morgan fingerprint density at radius 3 is 1.70 bits per heavy atom. The molecule has 3 N–H and O–H groups in total. The van der Waals surface area contributed by atoms with Gasteiger partial charge in [0.1, 0.15) is 5.60 Å². The summed E-state index contributed by atoms with van der Waals surface area (Å²) in [5.74, 6) is 0. The zero-order valence-corrected chi connectivity index (χ0v) is 15.9. The van der Waals surface area contributed by atoms with Gasteiger partial charge in [-0.3, -0.25) is 0 Å². The average Bonchev–Trinajstić information content (AvgIpc) is 2.35. The van der Waals surface area contributed by atoms with Crippen molar-refractivity contribution in [1.82, 2.24) is 20.9 Å². The molecule has 2 rings (SSSR count). The summed E-state index contributed by atoms with van der Waals surface area (Å²) >= 11 is 0. The molecule has 0 spiro atoms. The van der Waals surface area contributed by atoms with Crippen molar-refractivity contribution in [2.75, 3.05) is 26.2 Å². The number of rotatable bonds is 0. The van der Waals surface area contributed by atoms with Crippen LogP contribution >= 0.6 is 0 Å². The van der Waals surface area contributed by atoms with E-state index in [2.05, 4.69) is 43.6 Å². The number of ether oxygens (including phenoxy) is 1. The summed E-state index contributed by atoms with van der Waals surface area (Å²) in [5, 5.41) is 10.1. The van der Waals surface area contributed by atoms with Crippen LogP contribution in [0.4, 0.5) is 4.79 Å². The zero-order valence-electron chi connectivity index (χ0n) is 15.9. The summed E-state index contributed by atoms with van der Waals surface area (Å²) in [6, 6.07) is 1.97. The molecule has 0 saturated carbocycles. The minimum absolute atomic E-state index is 0.206. The third-order valence-corrected chi connectivity index (χ3v) is 3.68. The largest absolute Gasteiger partial charge is 0.444 e. The molecular formula is C17H36N4O2. The van der Waals surface area contributed by atoms with E-state index in [9.17, 15) is 4.79 Å². The van der Waals surface area contributed by atoms with Gasteiger partial charge in [-0.25, -0.2) is 4.79 Å². The molecule has 2 heterocycles. The number of hydrogen-bond acceptors (Lipinski definition) is 5. The van der Waals surface area contributed by atoms with Gasteiger partial charge in [0, 0.05) is 50.3 Å². The fourth-order valence-electron chi connectivity index (χ4n) is 2.92. The van der Waals surface area contributed by atoms with Gasteiger partial charge in [0.25, 0.3) is 0 Å². The molecule has 0 aromatic heterocycles. The predicted octanol–water partition coefficient (Wildman–Crippen LogP) is 1.56. The lowest BCUT2D eigenvalue weighted by molar-refractivity contribution is 0.0167. The van der Waals surface area contributed by atoms with Gasteiger partial charge >= 0.3 is 6.09 Å². The van der Waals surface area contributed by atoms with Crippen molar-refractivity contribution in [3.63, 3.8) is 0 Å². The van der Waals surface area contributed by atoms with Gasteiger partial charge < -0.3 is 25.6 Å². The molecule has 2 fully saturated rings. The van der Waals surface area contributed by atoms with Gasteiger partial charge in [0.2, 0.25) is 0 Å². The molecule has 6 heteroatoms. The van der Waals surface area contributed by atoms with Crippen LogP contribution in [0, 0.1) is 0 Å². The van der Waals surface area contributed by atoms with Gasteiger partial charge in [-0.05, 0) is 48.5 Å². The Labute approximate surface area is 141 Å². The van der Waals surface area contributed by atoms with E-state index in [0.717, 1.165) is 26.2 Å². The first kappa shape index (κ1) is 20.2. The zero-order chi connectivity index (χ0) is 17.6. The Kier molecular flexibility index (Phi) is 7.77. The Bertz CT molecular complexity index is 352. The first-order valence-electron chi connectivity index (χ1n) is 8.77. The van der Waals surface area contributed by atoms with Crippen molar-refractivity contribution in [1.29, 1.82) is 0 Å². The maximum atomic E-state index is 11.8.